The molecular weight excluding hydrogens is 194 g/mol. The summed E-state index contributed by atoms with van der Waals surface area (Å²) in [7, 11) is 1.50. The monoisotopic (exact) mass is 213 g/mol. The minimum Gasteiger partial charge on any atom is -0.389 e. The van der Waals surface area contributed by atoms with E-state index >= 15 is 0 Å². The highest BCUT2D eigenvalue weighted by molar-refractivity contribution is 5.75. The molecule has 1 unspecified atom stereocenters. The summed E-state index contributed by atoms with van der Waals surface area (Å²) in [5.41, 5.74) is 0. The normalized spacial score (nSPS) is 11.8. The minimum atomic E-state index is -0.635. The van der Waals surface area contributed by atoms with Crippen LogP contribution in [0.1, 0.15) is 25.7 Å². The lowest BCUT2D eigenvalue weighted by Gasteiger charge is -2.10. The van der Waals surface area contributed by atoms with Crippen LogP contribution in [0.2, 0.25) is 0 Å². The van der Waals surface area contributed by atoms with E-state index in [0.717, 1.165) is 12.8 Å². The molecule has 0 saturated heterocycles. The first-order valence-electron chi connectivity index (χ1n) is 5.08. The number of unbranched alkanes of at least 4 members (excludes halogenated alkanes) is 2. The van der Waals surface area contributed by atoms with Crippen LogP contribution in [0, 0.1) is 12.3 Å². The first kappa shape index (κ1) is 13.9. The molecule has 0 heterocycles. The largest absolute Gasteiger partial charge is 0.389 e. The Hall–Kier alpha value is -1.05. The lowest BCUT2D eigenvalue weighted by molar-refractivity contribution is -0.121. The van der Waals surface area contributed by atoms with Crippen LogP contribution in [-0.4, -0.2) is 37.4 Å². The molecular formula is C11H19NO3. The molecule has 1 atom stereocenters. The van der Waals surface area contributed by atoms with Gasteiger partial charge in [-0.2, -0.15) is 0 Å². The number of carbonyl (C=O) groups is 1. The quantitative estimate of drug-likeness (QED) is 0.450. The zero-order valence-corrected chi connectivity index (χ0v) is 9.16. The van der Waals surface area contributed by atoms with E-state index in [4.69, 9.17) is 11.2 Å². The number of aliphatic hydroxyl groups excluding tert-OH is 1. The van der Waals surface area contributed by atoms with Crippen molar-refractivity contribution in [1.29, 1.82) is 0 Å². The van der Waals surface area contributed by atoms with Crippen molar-refractivity contribution in [2.24, 2.45) is 0 Å². The Kier molecular flexibility index (Phi) is 8.84. The van der Waals surface area contributed by atoms with Crippen molar-refractivity contribution in [2.75, 3.05) is 20.3 Å². The van der Waals surface area contributed by atoms with Gasteiger partial charge in [0.25, 0.3) is 0 Å². The van der Waals surface area contributed by atoms with Crippen molar-refractivity contribution in [3.05, 3.63) is 0 Å². The minimum absolute atomic E-state index is 0.0535. The average Bonchev–Trinajstić information content (AvgIpc) is 2.22. The van der Waals surface area contributed by atoms with E-state index in [1.165, 1.54) is 7.11 Å². The van der Waals surface area contributed by atoms with Crippen LogP contribution in [0.3, 0.4) is 0 Å². The molecule has 2 N–H and O–H groups in total. The van der Waals surface area contributed by atoms with Gasteiger partial charge in [-0.15, -0.1) is 12.3 Å². The summed E-state index contributed by atoms with van der Waals surface area (Å²) in [4.78, 5) is 11.2. The zero-order chi connectivity index (χ0) is 11.5. The molecule has 0 aromatic rings. The fraction of sp³-hybridized carbons (Fsp3) is 0.727. The number of aliphatic hydroxyl groups is 1. The van der Waals surface area contributed by atoms with Crippen LogP contribution in [0.25, 0.3) is 0 Å². The van der Waals surface area contributed by atoms with E-state index in [1.807, 2.05) is 0 Å². The topological polar surface area (TPSA) is 58.6 Å². The molecule has 0 saturated carbocycles. The maximum atomic E-state index is 11.2. The fourth-order valence-electron chi connectivity index (χ4n) is 1.08. The van der Waals surface area contributed by atoms with Gasteiger partial charge in [0.2, 0.25) is 5.91 Å². The summed E-state index contributed by atoms with van der Waals surface area (Å²) in [6.45, 7) is 0.471. The average molecular weight is 213 g/mol. The van der Waals surface area contributed by atoms with Gasteiger partial charge in [0.15, 0.2) is 0 Å². The summed E-state index contributed by atoms with van der Waals surface area (Å²) in [6, 6.07) is 0. The Morgan fingerprint density at radius 3 is 2.93 bits per heavy atom. The second-order valence-electron chi connectivity index (χ2n) is 3.32. The number of hydrogen-bond donors (Lipinski definition) is 2. The summed E-state index contributed by atoms with van der Waals surface area (Å²) in [5, 5.41) is 11.9. The van der Waals surface area contributed by atoms with E-state index in [-0.39, 0.29) is 19.1 Å². The number of carbonyl (C=O) groups excluding carboxylic acids is 1. The van der Waals surface area contributed by atoms with Crippen molar-refractivity contribution < 1.29 is 14.6 Å². The number of terminal acetylenes is 1. The van der Waals surface area contributed by atoms with Gasteiger partial charge in [-0.05, 0) is 12.8 Å². The Morgan fingerprint density at radius 1 is 1.60 bits per heavy atom. The van der Waals surface area contributed by atoms with Crippen molar-refractivity contribution in [3.8, 4) is 12.3 Å². The lowest BCUT2D eigenvalue weighted by atomic mass is 10.2. The first-order valence-corrected chi connectivity index (χ1v) is 5.08. The van der Waals surface area contributed by atoms with Crippen molar-refractivity contribution in [3.63, 3.8) is 0 Å². The summed E-state index contributed by atoms with van der Waals surface area (Å²) in [5.74, 6) is 2.47. The van der Waals surface area contributed by atoms with Gasteiger partial charge >= 0.3 is 0 Å². The third kappa shape index (κ3) is 9.26. The molecule has 1 amide bonds. The molecule has 4 heteroatoms. The number of hydrogen-bond acceptors (Lipinski definition) is 3. The number of ether oxygens (including phenoxy) is 1. The first-order chi connectivity index (χ1) is 7.20. The molecule has 0 aliphatic carbocycles. The second-order valence-corrected chi connectivity index (χ2v) is 3.32. The van der Waals surface area contributed by atoms with Crippen LogP contribution in [0.4, 0.5) is 0 Å². The third-order valence-corrected chi connectivity index (χ3v) is 1.87. The van der Waals surface area contributed by atoms with Crippen LogP contribution < -0.4 is 5.32 Å². The molecule has 0 aliphatic heterocycles. The maximum absolute atomic E-state index is 11.2. The number of methoxy groups -OCH3 is 1. The SMILES string of the molecule is C#CCCCCC(=O)NCC(O)COC. The van der Waals surface area contributed by atoms with Crippen LogP contribution in [0.5, 0.6) is 0 Å². The van der Waals surface area contributed by atoms with E-state index in [2.05, 4.69) is 11.2 Å². The molecule has 0 fully saturated rings. The van der Waals surface area contributed by atoms with E-state index in [0.29, 0.717) is 12.8 Å². The summed E-state index contributed by atoms with van der Waals surface area (Å²) < 4.78 is 4.73. The zero-order valence-electron chi connectivity index (χ0n) is 9.16. The Morgan fingerprint density at radius 2 is 2.33 bits per heavy atom. The third-order valence-electron chi connectivity index (χ3n) is 1.87. The van der Waals surface area contributed by atoms with E-state index in [9.17, 15) is 9.90 Å². The molecule has 0 spiro atoms. The maximum Gasteiger partial charge on any atom is 0.220 e. The lowest BCUT2D eigenvalue weighted by Crippen LogP contribution is -2.34. The highest BCUT2D eigenvalue weighted by Crippen LogP contribution is 1.98. The molecule has 86 valence electrons. The summed E-state index contributed by atoms with van der Waals surface area (Å²) in [6.07, 6.45) is 7.27. The van der Waals surface area contributed by atoms with Gasteiger partial charge in [0.05, 0.1) is 12.7 Å². The molecule has 15 heavy (non-hydrogen) atoms. The van der Waals surface area contributed by atoms with Gasteiger partial charge in [-0.3, -0.25) is 4.79 Å². The van der Waals surface area contributed by atoms with Gasteiger partial charge in [-0.1, -0.05) is 0 Å². The van der Waals surface area contributed by atoms with E-state index in [1.54, 1.807) is 0 Å². The molecule has 0 aromatic carbocycles. The van der Waals surface area contributed by atoms with Gasteiger partial charge in [-0.25, -0.2) is 0 Å². The number of nitrogens with one attached hydrogen (secondary N) is 1. The Bertz CT molecular complexity index is 210. The van der Waals surface area contributed by atoms with Crippen LogP contribution >= 0.6 is 0 Å². The van der Waals surface area contributed by atoms with Gasteiger partial charge in [0, 0.05) is 26.5 Å². The second kappa shape index (κ2) is 9.50. The molecule has 0 radical (unpaired) electrons. The highest BCUT2D eigenvalue weighted by Gasteiger charge is 2.05. The molecule has 0 bridgehead atoms. The van der Waals surface area contributed by atoms with Gasteiger partial charge in [0.1, 0.15) is 0 Å². The van der Waals surface area contributed by atoms with Crippen LogP contribution in [0.15, 0.2) is 0 Å². The number of rotatable bonds is 8. The highest BCUT2D eigenvalue weighted by atomic mass is 16.5. The standard InChI is InChI=1S/C11H19NO3/c1-3-4-5-6-7-11(14)12-8-10(13)9-15-2/h1,10,13H,4-9H2,2H3,(H,12,14). The molecule has 0 aromatic heterocycles. The van der Waals surface area contributed by atoms with E-state index < -0.39 is 6.10 Å². The van der Waals surface area contributed by atoms with Crippen molar-refractivity contribution in [1.82, 2.24) is 5.32 Å². The molecule has 4 nitrogen and oxygen atoms in total. The molecule has 0 aliphatic rings. The Labute approximate surface area is 91.0 Å². The Balaban J connectivity index is 3.37. The summed E-state index contributed by atoms with van der Waals surface area (Å²) >= 11 is 0. The van der Waals surface area contributed by atoms with Gasteiger partial charge < -0.3 is 15.2 Å². The molecule has 0 rings (SSSR count). The van der Waals surface area contributed by atoms with Crippen molar-refractivity contribution in [2.45, 2.75) is 31.8 Å². The smallest absolute Gasteiger partial charge is 0.220 e. The predicted molar refractivity (Wildman–Crippen MR) is 58.2 cm³/mol. The van der Waals surface area contributed by atoms with Crippen LogP contribution in [-0.2, 0) is 9.53 Å². The van der Waals surface area contributed by atoms with Crippen molar-refractivity contribution >= 4 is 5.91 Å². The number of amides is 1. The fourth-order valence-corrected chi connectivity index (χ4v) is 1.08. The predicted octanol–water partition coefficient (Wildman–Crippen LogP) is 0.303.